The summed E-state index contributed by atoms with van der Waals surface area (Å²) >= 11 is 25.6. The first kappa shape index (κ1) is 43.2. The van der Waals surface area contributed by atoms with Crippen LogP contribution >= 0.6 is 62.1 Å². The van der Waals surface area contributed by atoms with E-state index >= 15 is 0 Å². The molecule has 0 radical (unpaired) electrons. The number of carbonyl (C=O) groups is 4. The Balaban J connectivity index is 0.000000181. The third kappa shape index (κ3) is 10.0. The van der Waals surface area contributed by atoms with Crippen LogP contribution < -0.4 is 20.3 Å². The van der Waals surface area contributed by atoms with E-state index in [4.69, 9.17) is 28.9 Å². The Bertz CT molecular complexity index is 2300. The molecule has 55 heavy (non-hydrogen) atoms. The fraction of sp³-hybridized carbons (Fsp3) is 0.162. The standard InChI is InChI=1S/C15H11ClN2O2.C15H12N2O3.C7H9ClN2.Cl3OP/c1-8-7-12(17-13(16)9(8)2)18-14(19)10-5-3-4-6-11(10)15(18)20;1-9-7-13(16(20)8-10(9)2)17-14(18)11-5-3-4-6-12(11)15(17)19;1-4-3-6(9)10-7(8)5(4)2;1-5(2,3)4/h3-7H,1-2H3;3-8H,1-2H3;3H,1-2H3,(H2,9,10);. The minimum atomic E-state index is -3.22. The number of amides is 4. The molecule has 2 N–H and O–H groups in total. The number of aryl methyl sites for hydroxylation is 4. The van der Waals surface area contributed by atoms with Gasteiger partial charge < -0.3 is 10.9 Å². The largest absolute Gasteiger partial charge is 0.711 e. The minimum Gasteiger partial charge on any atom is -0.711 e. The number of nitrogens with zero attached hydrogens (tertiary/aromatic N) is 5. The molecule has 3 aromatic heterocycles. The molecule has 286 valence electrons. The fourth-order valence-corrected chi connectivity index (χ4v) is 5.67. The molecular weight excluding hydrogens is 833 g/mol. The first-order valence-corrected chi connectivity index (χ1v) is 21.2. The van der Waals surface area contributed by atoms with Gasteiger partial charge in [0.25, 0.3) is 17.6 Å². The zero-order chi connectivity index (χ0) is 41.1. The second-order valence-electron chi connectivity index (χ2n) is 12.2. The maximum absolute atomic E-state index is 12.3. The molecule has 7 rings (SSSR count). The molecule has 5 heterocycles. The van der Waals surface area contributed by atoms with E-state index in [0.29, 0.717) is 43.1 Å². The van der Waals surface area contributed by atoms with E-state index < -0.39 is 17.0 Å². The highest BCUT2D eigenvalue weighted by Gasteiger charge is 2.44. The third-order valence-electron chi connectivity index (χ3n) is 8.50. The monoisotopic (exact) mass is 862 g/mol. The van der Waals surface area contributed by atoms with Crippen LogP contribution in [0.15, 0.2) is 72.9 Å². The number of pyridine rings is 3. The van der Waals surface area contributed by atoms with Crippen molar-refractivity contribution < 1.29 is 28.5 Å². The van der Waals surface area contributed by atoms with Gasteiger partial charge in [-0.25, -0.2) is 29.2 Å². The average Bonchev–Trinajstić information content (AvgIpc) is 3.51. The highest BCUT2D eigenvalue weighted by molar-refractivity contribution is 8.24. The van der Waals surface area contributed by atoms with Gasteiger partial charge in [0.05, 0.1) is 28.5 Å². The number of benzene rings is 2. The van der Waals surface area contributed by atoms with Gasteiger partial charge in [-0.05, 0) is 145 Å². The lowest BCUT2D eigenvalue weighted by molar-refractivity contribution is -0.591. The van der Waals surface area contributed by atoms with Gasteiger partial charge in [-0.2, -0.15) is 0 Å². The first-order valence-electron chi connectivity index (χ1n) is 16.0. The number of hydrogen-bond donors (Lipinski definition) is 1. The van der Waals surface area contributed by atoms with Crippen LogP contribution in [0.2, 0.25) is 10.3 Å². The van der Waals surface area contributed by atoms with Gasteiger partial charge in [0.1, 0.15) is 21.9 Å². The van der Waals surface area contributed by atoms with E-state index in [9.17, 15) is 29.0 Å². The summed E-state index contributed by atoms with van der Waals surface area (Å²) in [5.74, 6) is -0.858. The SMILES string of the molecule is Cc1cc(N)nc(Cl)c1C.Cc1cc(N2C(=O)c3ccccc3C2=O)[n+]([O-])cc1C.Cc1cc(N2C(=O)c3ccccc3C2=O)nc(Cl)c1C.O=P(Cl)(Cl)Cl. The summed E-state index contributed by atoms with van der Waals surface area (Å²) in [6, 6.07) is 18.4. The van der Waals surface area contributed by atoms with Gasteiger partial charge in [-0.15, -0.1) is 4.90 Å². The number of nitrogens with two attached hydrogens (primary N) is 1. The van der Waals surface area contributed by atoms with Gasteiger partial charge in [-0.1, -0.05) is 47.5 Å². The van der Waals surface area contributed by atoms with Crippen LogP contribution in [-0.2, 0) is 4.57 Å². The van der Waals surface area contributed by atoms with Crippen molar-refractivity contribution in [3.8, 4) is 0 Å². The average molecular weight is 865 g/mol. The summed E-state index contributed by atoms with van der Waals surface area (Å²) in [6.45, 7) is 11.2. The lowest BCUT2D eigenvalue weighted by atomic mass is 10.1. The van der Waals surface area contributed by atoms with Gasteiger partial charge in [0.15, 0.2) is 0 Å². The van der Waals surface area contributed by atoms with Gasteiger partial charge in [0, 0.05) is 6.07 Å². The van der Waals surface area contributed by atoms with Crippen LogP contribution in [0.25, 0.3) is 0 Å². The third-order valence-corrected chi connectivity index (χ3v) is 9.24. The molecule has 18 heteroatoms. The molecule has 5 aromatic rings. The molecule has 0 fully saturated rings. The van der Waals surface area contributed by atoms with E-state index in [2.05, 4.69) is 43.7 Å². The second kappa shape index (κ2) is 17.5. The minimum absolute atomic E-state index is 0.0410. The summed E-state index contributed by atoms with van der Waals surface area (Å²) in [5, 5.41) is 9.57. The van der Waals surface area contributed by atoms with Crippen LogP contribution in [0.3, 0.4) is 0 Å². The van der Waals surface area contributed by atoms with Crippen molar-refractivity contribution in [1.29, 1.82) is 0 Å². The maximum atomic E-state index is 12.3. The summed E-state index contributed by atoms with van der Waals surface area (Å²) < 4.78 is 10.1. The number of fused-ring (bicyclic) bond motifs is 2. The van der Waals surface area contributed by atoms with E-state index in [1.807, 2.05) is 34.6 Å². The van der Waals surface area contributed by atoms with Gasteiger partial charge in [-0.3, -0.25) is 14.2 Å². The molecular formula is C37H32Cl5N6O6P. The van der Waals surface area contributed by atoms with Crippen LogP contribution in [0, 0.1) is 46.7 Å². The first-order chi connectivity index (χ1) is 25.6. The Kier molecular flexibility index (Phi) is 13.7. The normalized spacial score (nSPS) is 12.9. The van der Waals surface area contributed by atoms with E-state index in [0.717, 1.165) is 43.2 Å². The second-order valence-corrected chi connectivity index (χ2v) is 19.6. The molecule has 12 nitrogen and oxygen atoms in total. The van der Waals surface area contributed by atoms with Crippen molar-refractivity contribution >= 4 is 103 Å². The molecule has 2 aliphatic heterocycles. The smallest absolute Gasteiger partial charge is 0.349 e. The number of hydrogen-bond acceptors (Lipinski definition) is 9. The predicted octanol–water partition coefficient (Wildman–Crippen LogP) is 9.63. The van der Waals surface area contributed by atoms with Crippen molar-refractivity contribution in [1.82, 2.24) is 9.97 Å². The molecule has 2 aromatic carbocycles. The summed E-state index contributed by atoms with van der Waals surface area (Å²) in [7, 11) is 0. The molecule has 0 spiro atoms. The number of aromatic nitrogens is 3. The Labute approximate surface area is 341 Å². The Hall–Kier alpha value is -4.55. The molecule has 0 saturated heterocycles. The van der Waals surface area contributed by atoms with Crippen LogP contribution in [0.1, 0.15) is 74.8 Å². The van der Waals surface area contributed by atoms with Crippen LogP contribution in [0.4, 0.5) is 17.5 Å². The van der Waals surface area contributed by atoms with E-state index in [1.54, 1.807) is 73.7 Å². The van der Waals surface area contributed by atoms with Gasteiger partial charge >= 0.3 is 17.0 Å². The lowest BCUT2D eigenvalue weighted by Crippen LogP contribution is -2.41. The highest BCUT2D eigenvalue weighted by Crippen LogP contribution is 2.61. The number of halogens is 5. The zero-order valence-electron chi connectivity index (χ0n) is 30.0. The topological polar surface area (TPSA) is 171 Å². The Morgan fingerprint density at radius 3 is 1.40 bits per heavy atom. The molecule has 0 bridgehead atoms. The molecule has 0 atom stereocenters. The van der Waals surface area contributed by atoms with Crippen LogP contribution in [-0.4, -0.2) is 33.6 Å². The number of carbonyl (C=O) groups excluding carboxylic acids is 4. The van der Waals surface area contributed by atoms with Crippen molar-refractivity contribution in [2.75, 3.05) is 15.5 Å². The zero-order valence-corrected chi connectivity index (χ0v) is 34.7. The van der Waals surface area contributed by atoms with Crippen molar-refractivity contribution in [2.24, 2.45) is 0 Å². The van der Waals surface area contributed by atoms with Crippen LogP contribution in [0.5, 0.6) is 0 Å². The molecule has 4 amide bonds. The quantitative estimate of drug-likeness (QED) is 0.0597. The highest BCUT2D eigenvalue weighted by atomic mass is 36.0. The predicted molar refractivity (Wildman–Crippen MR) is 217 cm³/mol. The number of nitrogen functional groups attached to an aromatic ring is 1. The fourth-order valence-electron chi connectivity index (χ4n) is 5.19. The number of rotatable bonds is 2. The van der Waals surface area contributed by atoms with E-state index in [-0.39, 0.29) is 23.5 Å². The summed E-state index contributed by atoms with van der Waals surface area (Å²) in [5.41, 5.74) is 12.3. The lowest BCUT2D eigenvalue weighted by Gasteiger charge is -2.15. The molecule has 0 saturated carbocycles. The Morgan fingerprint density at radius 1 is 0.618 bits per heavy atom. The maximum Gasteiger partial charge on any atom is 0.349 e. The van der Waals surface area contributed by atoms with Crippen molar-refractivity contribution in [3.63, 3.8) is 0 Å². The van der Waals surface area contributed by atoms with Gasteiger partial charge in [0.2, 0.25) is 0 Å². The number of anilines is 3. The summed E-state index contributed by atoms with van der Waals surface area (Å²) in [4.78, 5) is 59.3. The van der Waals surface area contributed by atoms with E-state index in [1.165, 1.54) is 6.20 Å². The number of imide groups is 2. The summed E-state index contributed by atoms with van der Waals surface area (Å²) in [6.07, 6.45) is 1.37. The molecule has 2 aliphatic rings. The molecule has 0 aliphatic carbocycles. The van der Waals surface area contributed by atoms with Crippen molar-refractivity contribution in [3.05, 3.63) is 144 Å². The van der Waals surface area contributed by atoms with Crippen molar-refractivity contribution in [2.45, 2.75) is 41.5 Å². The Morgan fingerprint density at radius 2 is 1.00 bits per heavy atom. The molecule has 0 unspecified atom stereocenters.